The van der Waals surface area contributed by atoms with E-state index in [1.54, 1.807) is 4.90 Å². The minimum absolute atomic E-state index is 0.200. The van der Waals surface area contributed by atoms with Gasteiger partial charge in [0, 0.05) is 43.5 Å². The number of carbonyl (C=O) groups is 2. The molecular formula is C25H27N5O2. The van der Waals surface area contributed by atoms with E-state index < -0.39 is 6.04 Å². The number of aromatic nitrogens is 2. The second-order valence-electron chi connectivity index (χ2n) is 8.72. The van der Waals surface area contributed by atoms with Gasteiger partial charge in [0.25, 0.3) is 5.91 Å². The molecule has 0 unspecified atom stereocenters. The number of fused-ring (bicyclic) bond motifs is 1. The lowest BCUT2D eigenvalue weighted by molar-refractivity contribution is -0.122. The predicted octanol–water partition coefficient (Wildman–Crippen LogP) is 2.95. The third-order valence-corrected chi connectivity index (χ3v) is 6.46. The molecule has 164 valence electrons. The smallest absolute Gasteiger partial charge is 0.310 e. The molecule has 3 heterocycles. The molecule has 1 N–H and O–H groups in total. The number of nitrogens with one attached hydrogen (secondary N) is 1. The maximum atomic E-state index is 12.2. The summed E-state index contributed by atoms with van der Waals surface area (Å²) in [6, 6.07) is 16.1. The van der Waals surface area contributed by atoms with Crippen LogP contribution in [0, 0.1) is 13.8 Å². The molecule has 0 aliphatic carbocycles. The number of nitrogens with zero attached hydrogens (tertiary/aromatic N) is 4. The van der Waals surface area contributed by atoms with Crippen molar-refractivity contribution >= 4 is 11.9 Å². The lowest BCUT2D eigenvalue weighted by Gasteiger charge is -2.35. The minimum atomic E-state index is -0.402. The quantitative estimate of drug-likeness (QED) is 0.633. The van der Waals surface area contributed by atoms with Gasteiger partial charge >= 0.3 is 6.03 Å². The molecule has 0 saturated carbocycles. The van der Waals surface area contributed by atoms with Crippen molar-refractivity contribution in [3.63, 3.8) is 0 Å². The molecule has 3 aromatic rings. The first-order valence-corrected chi connectivity index (χ1v) is 11.0. The number of imide groups is 1. The molecule has 2 saturated heterocycles. The Labute approximate surface area is 187 Å². The zero-order valence-electron chi connectivity index (χ0n) is 18.4. The second kappa shape index (κ2) is 8.24. The fourth-order valence-electron chi connectivity index (χ4n) is 4.51. The summed E-state index contributed by atoms with van der Waals surface area (Å²) in [4.78, 5) is 28.0. The monoisotopic (exact) mass is 429 g/mol. The van der Waals surface area contributed by atoms with Gasteiger partial charge in [-0.2, -0.15) is 5.10 Å². The van der Waals surface area contributed by atoms with E-state index in [1.807, 2.05) is 22.9 Å². The van der Waals surface area contributed by atoms with Crippen LogP contribution in [0.2, 0.25) is 0 Å². The van der Waals surface area contributed by atoms with Crippen LogP contribution in [0.15, 0.2) is 54.7 Å². The Morgan fingerprint density at radius 3 is 2.59 bits per heavy atom. The lowest BCUT2D eigenvalue weighted by Crippen LogP contribution is -2.52. The van der Waals surface area contributed by atoms with E-state index in [0.29, 0.717) is 26.2 Å². The first-order valence-electron chi connectivity index (χ1n) is 11.0. The van der Waals surface area contributed by atoms with E-state index in [-0.39, 0.29) is 11.9 Å². The predicted molar refractivity (Wildman–Crippen MR) is 122 cm³/mol. The van der Waals surface area contributed by atoms with Gasteiger partial charge in [0.05, 0.1) is 12.2 Å². The maximum Gasteiger partial charge on any atom is 0.324 e. The van der Waals surface area contributed by atoms with Crippen molar-refractivity contribution < 1.29 is 9.59 Å². The van der Waals surface area contributed by atoms with Crippen molar-refractivity contribution in [3.05, 3.63) is 77.0 Å². The first-order chi connectivity index (χ1) is 15.5. The summed E-state index contributed by atoms with van der Waals surface area (Å²) in [5.74, 6) is -0.200. The van der Waals surface area contributed by atoms with Crippen LogP contribution >= 0.6 is 0 Å². The van der Waals surface area contributed by atoms with Crippen molar-refractivity contribution in [2.75, 3.05) is 19.6 Å². The average molecular weight is 430 g/mol. The Kier molecular flexibility index (Phi) is 5.27. The highest BCUT2D eigenvalue weighted by Crippen LogP contribution is 2.27. The molecule has 0 spiro atoms. The number of benzene rings is 2. The number of piperazine rings is 1. The first kappa shape index (κ1) is 20.5. The van der Waals surface area contributed by atoms with Gasteiger partial charge < -0.3 is 4.90 Å². The zero-order chi connectivity index (χ0) is 22.2. The van der Waals surface area contributed by atoms with Gasteiger partial charge in [-0.05, 0) is 36.6 Å². The molecule has 7 heteroatoms. The van der Waals surface area contributed by atoms with E-state index in [1.165, 1.54) is 16.7 Å². The summed E-state index contributed by atoms with van der Waals surface area (Å²) >= 11 is 0. The van der Waals surface area contributed by atoms with E-state index in [9.17, 15) is 9.59 Å². The number of hydrogen-bond acceptors (Lipinski definition) is 4. The maximum absolute atomic E-state index is 12.2. The van der Waals surface area contributed by atoms with Crippen LogP contribution in [0.3, 0.4) is 0 Å². The number of urea groups is 1. The average Bonchev–Trinajstić information content (AvgIpc) is 3.30. The van der Waals surface area contributed by atoms with Gasteiger partial charge in [-0.1, -0.05) is 42.5 Å². The van der Waals surface area contributed by atoms with E-state index in [4.69, 9.17) is 5.10 Å². The van der Waals surface area contributed by atoms with Crippen LogP contribution in [0.4, 0.5) is 4.79 Å². The van der Waals surface area contributed by atoms with Crippen molar-refractivity contribution in [1.82, 2.24) is 24.9 Å². The lowest BCUT2D eigenvalue weighted by atomic mass is 10.0. The summed E-state index contributed by atoms with van der Waals surface area (Å²) in [6.07, 6.45) is 2.11. The molecule has 0 bridgehead atoms. The largest absolute Gasteiger partial charge is 0.324 e. The van der Waals surface area contributed by atoms with E-state index in [2.05, 4.69) is 60.6 Å². The molecule has 2 aliphatic rings. The third-order valence-electron chi connectivity index (χ3n) is 6.46. The van der Waals surface area contributed by atoms with Crippen LogP contribution in [-0.2, 0) is 17.9 Å². The zero-order valence-corrected chi connectivity index (χ0v) is 18.4. The highest BCUT2D eigenvalue weighted by atomic mass is 16.2. The van der Waals surface area contributed by atoms with Crippen molar-refractivity contribution in [2.24, 2.45) is 0 Å². The molecule has 2 fully saturated rings. The molecule has 3 amide bonds. The number of rotatable bonds is 5. The van der Waals surface area contributed by atoms with Crippen molar-refractivity contribution in [3.8, 4) is 11.3 Å². The van der Waals surface area contributed by atoms with Crippen LogP contribution in [0.1, 0.15) is 22.3 Å². The van der Waals surface area contributed by atoms with Gasteiger partial charge in [-0.25, -0.2) is 4.79 Å². The summed E-state index contributed by atoms with van der Waals surface area (Å²) in [6.45, 7) is 7.44. The van der Waals surface area contributed by atoms with Gasteiger partial charge in [-0.3, -0.25) is 19.7 Å². The van der Waals surface area contributed by atoms with Crippen molar-refractivity contribution in [2.45, 2.75) is 33.0 Å². The molecule has 5 rings (SSSR count). The molecule has 7 nitrogen and oxygen atoms in total. The molecule has 0 radical (unpaired) electrons. The normalized spacial score (nSPS) is 18.7. The molecule has 1 atom stereocenters. The summed E-state index contributed by atoms with van der Waals surface area (Å²) in [7, 11) is 0. The molecule has 2 aliphatic heterocycles. The van der Waals surface area contributed by atoms with Gasteiger partial charge in [0.1, 0.15) is 6.04 Å². The van der Waals surface area contributed by atoms with Crippen LogP contribution in [-0.4, -0.2) is 57.2 Å². The molecule has 32 heavy (non-hydrogen) atoms. The summed E-state index contributed by atoms with van der Waals surface area (Å²) in [5, 5.41) is 7.38. The fourth-order valence-corrected chi connectivity index (χ4v) is 4.51. The number of amides is 3. The van der Waals surface area contributed by atoms with Gasteiger partial charge in [0.15, 0.2) is 0 Å². The molecular weight excluding hydrogens is 402 g/mol. The summed E-state index contributed by atoms with van der Waals surface area (Å²) in [5.41, 5.74) is 6.89. The van der Waals surface area contributed by atoms with E-state index in [0.717, 1.165) is 23.4 Å². The Morgan fingerprint density at radius 1 is 1.00 bits per heavy atom. The standard InChI is InChI=1S/C25H27N5O2/c1-17-8-9-20(12-18(17)2)23-21(15-29(27-23)13-19-6-4-3-5-7-19)14-28-10-11-30-22(16-28)24(31)26-25(30)32/h3-9,12,15,22H,10-11,13-14,16H2,1-2H3,(H,26,31,32)/t22-/m1/s1. The SMILES string of the molecule is Cc1ccc(-c2nn(Cc3ccccc3)cc2CN2CCN3C(=O)NC(=O)[C@H]3C2)cc1C. The Bertz CT molecular complexity index is 1170. The van der Waals surface area contributed by atoms with Crippen LogP contribution < -0.4 is 5.32 Å². The Morgan fingerprint density at radius 2 is 1.81 bits per heavy atom. The Hall–Kier alpha value is -3.45. The topological polar surface area (TPSA) is 70.5 Å². The number of carbonyl (C=O) groups excluding carboxylic acids is 2. The van der Waals surface area contributed by atoms with Gasteiger partial charge in [0.2, 0.25) is 0 Å². The Balaban J connectivity index is 1.44. The fraction of sp³-hybridized carbons (Fsp3) is 0.320. The minimum Gasteiger partial charge on any atom is -0.310 e. The highest BCUT2D eigenvalue weighted by Gasteiger charge is 2.42. The number of aryl methyl sites for hydroxylation is 2. The van der Waals surface area contributed by atoms with Gasteiger partial charge in [-0.15, -0.1) is 0 Å². The molecule has 1 aromatic heterocycles. The van der Waals surface area contributed by atoms with Crippen LogP contribution in [0.5, 0.6) is 0 Å². The molecule has 2 aromatic carbocycles. The van der Waals surface area contributed by atoms with Crippen molar-refractivity contribution in [1.29, 1.82) is 0 Å². The highest BCUT2D eigenvalue weighted by molar-refractivity contribution is 6.04. The third kappa shape index (κ3) is 3.91. The van der Waals surface area contributed by atoms with E-state index >= 15 is 0 Å². The second-order valence-corrected chi connectivity index (χ2v) is 8.72. The summed E-state index contributed by atoms with van der Waals surface area (Å²) < 4.78 is 2.00. The number of hydrogen-bond donors (Lipinski definition) is 1. The van der Waals surface area contributed by atoms with Crippen LogP contribution in [0.25, 0.3) is 11.3 Å².